The van der Waals surface area contributed by atoms with Crippen molar-refractivity contribution in [2.45, 2.75) is 113 Å². The molecule has 8 heterocycles. The van der Waals surface area contributed by atoms with Gasteiger partial charge in [0, 0.05) is 96.8 Å². The summed E-state index contributed by atoms with van der Waals surface area (Å²) >= 11 is 18.7. The predicted octanol–water partition coefficient (Wildman–Crippen LogP) is 9.99. The summed E-state index contributed by atoms with van der Waals surface area (Å²) in [5, 5.41) is 29.8. The second-order valence-electron chi connectivity index (χ2n) is 22.3. The van der Waals surface area contributed by atoms with Gasteiger partial charge in [-0.3, -0.25) is 29.3 Å². The molecule has 2 aromatic heterocycles. The number of aromatic nitrogens is 2. The highest BCUT2D eigenvalue weighted by molar-refractivity contribution is 9.09. The number of alkyl halides is 4. The molecule has 6 fully saturated rings. The van der Waals surface area contributed by atoms with Crippen molar-refractivity contribution in [3.8, 4) is 0 Å². The van der Waals surface area contributed by atoms with Gasteiger partial charge >= 0.3 is 42.1 Å². The van der Waals surface area contributed by atoms with E-state index in [1.807, 2.05) is 25.5 Å². The molecular weight excluding hydrogens is 1360 g/mol. The number of carboxylic acid groups (broad SMARTS) is 2. The Labute approximate surface area is 552 Å². The van der Waals surface area contributed by atoms with Crippen LogP contribution in [0, 0.1) is 19.1 Å². The van der Waals surface area contributed by atoms with Crippen LogP contribution >= 0.6 is 61.8 Å². The summed E-state index contributed by atoms with van der Waals surface area (Å²) in [4.78, 5) is 110. The van der Waals surface area contributed by atoms with Crippen molar-refractivity contribution >= 4 is 116 Å². The lowest BCUT2D eigenvalue weighted by Crippen LogP contribution is -2.53. The first kappa shape index (κ1) is 70.7. The van der Waals surface area contributed by atoms with E-state index < -0.39 is 65.6 Å². The van der Waals surface area contributed by atoms with Gasteiger partial charge < -0.3 is 57.3 Å². The van der Waals surface area contributed by atoms with Crippen LogP contribution in [0.1, 0.15) is 105 Å². The molecule has 32 heteroatoms. The average Bonchev–Trinajstić information content (AvgIpc) is 1.54. The molecule has 2 saturated carbocycles. The minimum absolute atomic E-state index is 0. The van der Waals surface area contributed by atoms with Crippen LogP contribution in [0.15, 0.2) is 92.1 Å². The molecular formula is C60H66BrCl2F5N11O11S2-. The summed E-state index contributed by atoms with van der Waals surface area (Å²) in [6, 6.07) is 7.32. The van der Waals surface area contributed by atoms with Crippen LogP contribution < -0.4 is 10.6 Å². The number of esters is 2. The molecule has 12 rings (SSSR count). The number of ether oxygens (including phenoxy) is 2. The van der Waals surface area contributed by atoms with E-state index in [-0.39, 0.29) is 78.3 Å². The number of rotatable bonds is 17. The highest BCUT2D eigenvalue weighted by atomic mass is 79.9. The van der Waals surface area contributed by atoms with Crippen LogP contribution in [-0.2, 0) is 33.4 Å². The number of thiazole rings is 2. The van der Waals surface area contributed by atoms with Crippen molar-refractivity contribution in [3.63, 3.8) is 0 Å². The van der Waals surface area contributed by atoms with Crippen molar-refractivity contribution in [1.82, 2.24) is 45.1 Å². The zero-order valence-corrected chi connectivity index (χ0v) is 54.8. The highest BCUT2D eigenvalue weighted by Gasteiger charge is 2.58. The molecule has 2 aromatic carbocycles. The number of piperazine rings is 1. The molecule has 0 radical (unpaired) electrons. The standard InChI is InChI=1S/C28H30ClFN6O5S.C17H14BrClFN3O2S.C12H18N2O3.C2HF3O.CH3/c1-2-41-26(39)21-19(32-24(25-31-8-11-42-25)33-23(21)17-4-3-5-18(30)22(17)29)15-34-9-10-35-16(13-34)14-36(27(35)40)28(6-7-28)12-20(37)38;1-2-25-17(24)12-11(8-18)22-15(16-21-6-7-26-16)23-14(12)9-4-3-5-10(20)13(9)19;15-10(16)7-12(4-5-12)14-8-9-3-1-2-6-13(9)11(14)17;3-2(4,5)1-6;/h3-5,8,11,16,23H,2,6-7,9-10,12-15H2,1H3,(H,32,33)(H,37,38);3-7,14H,2,8H2,1H3,(H,22,23);9H,1-8H2,(H,15,16);1H;1H3/q;;;;-1/t16-,23-;14-;9-;;/m000../s1. The quantitative estimate of drug-likeness (QED) is 0.0252. The third kappa shape index (κ3) is 16.1. The zero-order valence-electron chi connectivity index (χ0n) is 50.0. The Hall–Kier alpha value is -7.12. The largest absolute Gasteiger partial charge is 0.481 e. The maximum absolute atomic E-state index is 14.6. The lowest BCUT2D eigenvalue weighted by molar-refractivity contribution is -0.156. The number of hydrogen-bond donors (Lipinski definition) is 4. The first-order valence-electron chi connectivity index (χ1n) is 29.0. The number of allylic oxidation sites excluding steroid dienone is 1. The lowest BCUT2D eigenvalue weighted by atomic mass is 9.95. The van der Waals surface area contributed by atoms with Crippen molar-refractivity contribution in [1.29, 1.82) is 0 Å². The van der Waals surface area contributed by atoms with E-state index in [4.69, 9.17) is 47.6 Å². The Kier molecular flexibility index (Phi) is 23.3. The number of aliphatic carboxylic acids is 2. The predicted molar refractivity (Wildman–Crippen MR) is 335 cm³/mol. The van der Waals surface area contributed by atoms with Gasteiger partial charge in [0.2, 0.25) is 6.29 Å². The van der Waals surface area contributed by atoms with Crippen molar-refractivity contribution < 1.29 is 75.2 Å². The number of halogens is 8. The average molecular weight is 1430 g/mol. The first-order valence-corrected chi connectivity index (χ1v) is 32.7. The lowest BCUT2D eigenvalue weighted by Gasteiger charge is -2.38. The molecule has 4 aromatic rings. The van der Waals surface area contributed by atoms with Crippen LogP contribution in [0.2, 0.25) is 10.0 Å². The second kappa shape index (κ2) is 30.3. The maximum atomic E-state index is 14.6. The Bertz CT molecular complexity index is 3540. The van der Waals surface area contributed by atoms with Crippen LogP contribution in [0.3, 0.4) is 0 Å². The number of urea groups is 2. The second-order valence-corrected chi connectivity index (χ2v) is 25.4. The fourth-order valence-electron chi connectivity index (χ4n) is 11.9. The van der Waals surface area contributed by atoms with E-state index in [0.29, 0.717) is 101 Å². The number of carbonyl (C=O) groups excluding carboxylic acids is 5. The van der Waals surface area contributed by atoms with Gasteiger partial charge in [-0.25, -0.2) is 37.9 Å². The number of aldehydes is 1. The Morgan fingerprint density at radius 3 is 1.59 bits per heavy atom. The van der Waals surface area contributed by atoms with Crippen molar-refractivity contribution in [2.75, 3.05) is 64.4 Å². The zero-order chi connectivity index (χ0) is 65.5. The van der Waals surface area contributed by atoms with Crippen LogP contribution in [0.25, 0.3) is 0 Å². The molecule has 4 saturated heterocycles. The summed E-state index contributed by atoms with van der Waals surface area (Å²) < 4.78 is 70.5. The number of nitrogens with zero attached hydrogens (tertiary/aromatic N) is 9. The van der Waals surface area contributed by atoms with Crippen molar-refractivity contribution in [3.05, 3.63) is 132 Å². The molecule has 4 atom stereocenters. The van der Waals surface area contributed by atoms with E-state index >= 15 is 0 Å². The summed E-state index contributed by atoms with van der Waals surface area (Å²) in [7, 11) is 0. The van der Waals surface area contributed by atoms with Crippen LogP contribution in [-0.4, -0.2) is 192 Å². The third-order valence-corrected chi connectivity index (χ3v) is 19.3. The fraction of sp³-hybridized carbons (Fsp3) is 0.467. The number of nitrogens with one attached hydrogen (secondary N) is 2. The van der Waals surface area contributed by atoms with E-state index in [0.717, 1.165) is 38.8 Å². The maximum Gasteiger partial charge on any atom is 0.446 e. The van der Waals surface area contributed by atoms with Crippen LogP contribution in [0.4, 0.5) is 31.5 Å². The number of aliphatic imine (C=N–C) groups is 2. The van der Waals surface area contributed by atoms with E-state index in [1.165, 1.54) is 53.4 Å². The molecule has 22 nitrogen and oxygen atoms in total. The Morgan fingerprint density at radius 2 is 1.17 bits per heavy atom. The summed E-state index contributed by atoms with van der Waals surface area (Å²) in [5.41, 5.74) is 1.43. The van der Waals surface area contributed by atoms with Gasteiger partial charge in [0.05, 0.1) is 70.4 Å². The third-order valence-electron chi connectivity index (χ3n) is 16.4. The number of carboxylic acids is 2. The monoisotopic (exact) mass is 1420 g/mol. The van der Waals surface area contributed by atoms with Gasteiger partial charge in [-0.05, 0) is 70.9 Å². The van der Waals surface area contributed by atoms with Gasteiger partial charge in [-0.1, -0.05) is 63.4 Å². The van der Waals surface area contributed by atoms with E-state index in [1.54, 1.807) is 43.3 Å². The van der Waals surface area contributed by atoms with Gasteiger partial charge in [0.15, 0.2) is 21.7 Å². The molecule has 6 aliphatic heterocycles. The fourth-order valence-corrected chi connectivity index (χ4v) is 14.0. The topological polar surface area (TPSA) is 269 Å². The smallest absolute Gasteiger partial charge is 0.446 e. The number of amidine groups is 2. The Morgan fingerprint density at radius 1 is 0.717 bits per heavy atom. The van der Waals surface area contributed by atoms with E-state index in [2.05, 4.69) is 46.4 Å². The number of piperidine rings is 1. The Balaban J connectivity index is 0.000000184. The minimum Gasteiger partial charge on any atom is -0.481 e. The summed E-state index contributed by atoms with van der Waals surface area (Å²) in [5.74, 6) is -3.07. The summed E-state index contributed by atoms with van der Waals surface area (Å²) in [6.45, 7) is 7.67. The van der Waals surface area contributed by atoms with Gasteiger partial charge in [-0.2, -0.15) is 13.2 Å². The number of amides is 4. The van der Waals surface area contributed by atoms with Crippen molar-refractivity contribution in [2.24, 2.45) is 9.98 Å². The normalized spacial score (nSPS) is 21.8. The summed E-state index contributed by atoms with van der Waals surface area (Å²) in [6.07, 6.45) is 4.11. The van der Waals surface area contributed by atoms with Crippen LogP contribution in [0.5, 0.6) is 0 Å². The van der Waals surface area contributed by atoms with Gasteiger partial charge in [-0.15, -0.1) is 22.7 Å². The van der Waals surface area contributed by atoms with E-state index in [9.17, 15) is 55.8 Å². The number of carbonyl (C=O) groups is 7. The molecule has 4 amide bonds. The molecule has 92 heavy (non-hydrogen) atoms. The molecule has 0 unspecified atom stereocenters. The highest BCUT2D eigenvalue weighted by Crippen LogP contribution is 2.49. The SMILES string of the molecule is CCOC(=O)C1=C(CBr)NC(c2nccs2)=N[C@H]1c1cccc(F)c1Cl.CCOC(=O)C1=C(CN2CCN3C(=O)N(C4(CC(=O)O)CC4)C[C@@H]3C2)NC(c2nccs2)=N[C@H]1c1cccc(F)c1Cl.O=C(O)CC1(N2C[C@@H]3CCCCN3C2=O)CC1.O=CC(F)(F)F.[CH3-]. The molecule has 0 bridgehead atoms. The number of benzene rings is 2. The molecule has 4 N–H and O–H groups in total. The first-order chi connectivity index (χ1) is 43.4. The molecule has 0 spiro atoms. The van der Waals surface area contributed by atoms with Gasteiger partial charge in [0.25, 0.3) is 0 Å². The minimum atomic E-state index is -4.64. The van der Waals surface area contributed by atoms with Gasteiger partial charge in [0.1, 0.15) is 23.7 Å². The number of hydrogen-bond acceptors (Lipinski definition) is 18. The number of fused-ring (bicyclic) bond motifs is 2. The molecule has 496 valence electrons. The molecule has 2 aliphatic carbocycles. The molecule has 8 aliphatic rings.